The average molecular weight is 407 g/mol. The number of nitrogens with one attached hydrogen (secondary N) is 2. The number of amides is 2. The van der Waals surface area contributed by atoms with Crippen molar-refractivity contribution in [3.8, 4) is 0 Å². The van der Waals surface area contributed by atoms with E-state index < -0.39 is 27.3 Å². The highest BCUT2D eigenvalue weighted by atomic mass is 32.2. The lowest BCUT2D eigenvalue weighted by Gasteiger charge is -2.19. The van der Waals surface area contributed by atoms with E-state index in [1.54, 1.807) is 32.0 Å². The Morgan fingerprint density at radius 2 is 1.61 bits per heavy atom. The van der Waals surface area contributed by atoms with Gasteiger partial charge in [-0.1, -0.05) is 19.9 Å². The first-order chi connectivity index (χ1) is 13.2. The van der Waals surface area contributed by atoms with Gasteiger partial charge in [0.15, 0.2) is 0 Å². The first-order valence-corrected chi connectivity index (χ1v) is 10.1. The van der Waals surface area contributed by atoms with E-state index in [2.05, 4.69) is 10.6 Å². The molecule has 0 aliphatic heterocycles. The highest BCUT2D eigenvalue weighted by molar-refractivity contribution is 7.89. The van der Waals surface area contributed by atoms with Gasteiger partial charge in [0.05, 0.1) is 10.5 Å². The zero-order chi connectivity index (χ0) is 20.9. The summed E-state index contributed by atoms with van der Waals surface area (Å²) in [5.74, 6) is -1.91. The molecule has 0 bridgehead atoms. The number of halogens is 1. The summed E-state index contributed by atoms with van der Waals surface area (Å²) in [7, 11) is -3.83. The number of hydrogen-bond donors (Lipinski definition) is 2. The van der Waals surface area contributed by atoms with E-state index >= 15 is 0 Å². The summed E-state index contributed by atoms with van der Waals surface area (Å²) in [5, 5.41) is 5.08. The summed E-state index contributed by atoms with van der Waals surface area (Å²) in [6.45, 7) is 5.25. The van der Waals surface area contributed by atoms with Crippen LogP contribution in [0.25, 0.3) is 0 Å². The number of anilines is 2. The minimum Gasteiger partial charge on any atom is -0.326 e. The topological polar surface area (TPSA) is 95.6 Å². The number of benzene rings is 2. The molecule has 0 radical (unpaired) electrons. The van der Waals surface area contributed by atoms with Crippen LogP contribution in [-0.2, 0) is 14.8 Å². The highest BCUT2D eigenvalue weighted by Gasteiger charge is 2.24. The zero-order valence-electron chi connectivity index (χ0n) is 15.8. The lowest BCUT2D eigenvalue weighted by Crippen LogP contribution is -2.31. The van der Waals surface area contributed by atoms with Crippen LogP contribution in [0.2, 0.25) is 0 Å². The van der Waals surface area contributed by atoms with E-state index in [4.69, 9.17) is 0 Å². The van der Waals surface area contributed by atoms with Crippen LogP contribution in [0.15, 0.2) is 47.4 Å². The van der Waals surface area contributed by atoms with Crippen LogP contribution in [0, 0.1) is 5.82 Å². The monoisotopic (exact) mass is 407 g/mol. The molecule has 0 aliphatic rings. The fourth-order valence-corrected chi connectivity index (χ4v) is 4.11. The number of carbonyl (C=O) groups excluding carboxylic acids is 2. The van der Waals surface area contributed by atoms with E-state index in [0.717, 1.165) is 18.2 Å². The number of sulfonamides is 1. The minimum absolute atomic E-state index is 0.158. The van der Waals surface area contributed by atoms with Crippen LogP contribution in [-0.4, -0.2) is 37.6 Å². The molecule has 2 N–H and O–H groups in total. The Labute approximate surface area is 163 Å². The number of hydrogen-bond acceptors (Lipinski definition) is 4. The predicted octanol–water partition coefficient (Wildman–Crippen LogP) is 3.07. The van der Waals surface area contributed by atoms with Gasteiger partial charge in [-0.15, -0.1) is 0 Å². The molecular formula is C19H22FN3O4S. The van der Waals surface area contributed by atoms with E-state index in [1.165, 1.54) is 17.3 Å². The maximum Gasteiger partial charge on any atom is 0.258 e. The summed E-state index contributed by atoms with van der Waals surface area (Å²) in [4.78, 5) is 23.5. The molecule has 0 spiro atoms. The maximum absolute atomic E-state index is 14.2. The maximum atomic E-state index is 14.2. The summed E-state index contributed by atoms with van der Waals surface area (Å²) < 4.78 is 40.7. The molecule has 2 rings (SSSR count). The van der Waals surface area contributed by atoms with E-state index in [0.29, 0.717) is 11.4 Å². The van der Waals surface area contributed by atoms with Crippen molar-refractivity contribution in [3.05, 3.63) is 53.8 Å². The van der Waals surface area contributed by atoms with Crippen molar-refractivity contribution in [2.45, 2.75) is 25.7 Å². The lowest BCUT2D eigenvalue weighted by atomic mass is 10.2. The molecule has 0 atom stereocenters. The molecule has 7 nitrogen and oxygen atoms in total. The molecule has 0 heterocycles. The third kappa shape index (κ3) is 4.93. The molecule has 2 aromatic rings. The molecule has 0 saturated carbocycles. The quantitative estimate of drug-likeness (QED) is 0.737. The van der Waals surface area contributed by atoms with Crippen molar-refractivity contribution < 1.29 is 22.4 Å². The van der Waals surface area contributed by atoms with Crippen molar-refractivity contribution in [1.82, 2.24) is 4.31 Å². The van der Waals surface area contributed by atoms with E-state index in [9.17, 15) is 22.4 Å². The van der Waals surface area contributed by atoms with Gasteiger partial charge in [0.2, 0.25) is 15.9 Å². The normalized spacial score (nSPS) is 11.3. The molecule has 9 heteroatoms. The zero-order valence-corrected chi connectivity index (χ0v) is 16.6. The number of nitrogens with zero attached hydrogens (tertiary/aromatic N) is 1. The molecule has 28 heavy (non-hydrogen) atoms. The van der Waals surface area contributed by atoms with Crippen LogP contribution in [0.4, 0.5) is 15.8 Å². The molecule has 0 saturated heterocycles. The third-order valence-corrected chi connectivity index (χ3v) is 6.01. The van der Waals surface area contributed by atoms with Crippen LogP contribution in [0.1, 0.15) is 31.1 Å². The molecule has 0 unspecified atom stereocenters. The van der Waals surface area contributed by atoms with Crippen molar-refractivity contribution >= 4 is 33.2 Å². The summed E-state index contributed by atoms with van der Waals surface area (Å²) in [5.41, 5.74) is 0.398. The Kier molecular flexibility index (Phi) is 6.87. The molecule has 0 aliphatic carbocycles. The number of rotatable bonds is 7. The SMILES string of the molecule is CCN(CC)S(=O)(=O)c1ccc(F)c(C(=O)Nc2cccc(NC(C)=O)c2)c1. The first kappa shape index (κ1) is 21.5. The molecule has 150 valence electrons. The van der Waals surface area contributed by atoms with Gasteiger partial charge in [-0.25, -0.2) is 12.8 Å². The largest absolute Gasteiger partial charge is 0.326 e. The molecule has 2 aromatic carbocycles. The third-order valence-electron chi connectivity index (χ3n) is 3.97. The van der Waals surface area contributed by atoms with Gasteiger partial charge in [-0.2, -0.15) is 4.31 Å². The minimum atomic E-state index is -3.83. The van der Waals surface area contributed by atoms with Gasteiger partial charge in [0, 0.05) is 31.4 Å². The molecule has 0 fully saturated rings. The van der Waals surface area contributed by atoms with Crippen molar-refractivity contribution in [2.75, 3.05) is 23.7 Å². The summed E-state index contributed by atoms with van der Waals surface area (Å²) in [6, 6.07) is 9.44. The standard InChI is InChI=1S/C19H22FN3O4S/c1-4-23(5-2)28(26,27)16-9-10-18(20)17(12-16)19(25)22-15-8-6-7-14(11-15)21-13(3)24/h6-12H,4-5H2,1-3H3,(H,21,24)(H,22,25). The average Bonchev–Trinajstić information content (AvgIpc) is 2.62. The predicted molar refractivity (Wildman–Crippen MR) is 105 cm³/mol. The van der Waals surface area contributed by atoms with E-state index in [1.807, 2.05) is 0 Å². The van der Waals surface area contributed by atoms with Crippen LogP contribution in [0.5, 0.6) is 0 Å². The van der Waals surface area contributed by atoms with Gasteiger partial charge in [-0.3, -0.25) is 9.59 Å². The van der Waals surface area contributed by atoms with Crippen molar-refractivity contribution in [1.29, 1.82) is 0 Å². The van der Waals surface area contributed by atoms with Crippen LogP contribution >= 0.6 is 0 Å². The van der Waals surface area contributed by atoms with Gasteiger partial charge in [-0.05, 0) is 36.4 Å². The van der Waals surface area contributed by atoms with Gasteiger partial charge < -0.3 is 10.6 Å². The second-order valence-electron chi connectivity index (χ2n) is 5.95. The van der Waals surface area contributed by atoms with Gasteiger partial charge >= 0.3 is 0 Å². The van der Waals surface area contributed by atoms with Crippen LogP contribution < -0.4 is 10.6 Å². The Bertz CT molecular complexity index is 988. The smallest absolute Gasteiger partial charge is 0.258 e. The van der Waals surface area contributed by atoms with Crippen molar-refractivity contribution in [2.24, 2.45) is 0 Å². The fraction of sp³-hybridized carbons (Fsp3) is 0.263. The Morgan fingerprint density at radius 3 is 2.18 bits per heavy atom. The van der Waals surface area contributed by atoms with Crippen LogP contribution in [0.3, 0.4) is 0 Å². The summed E-state index contributed by atoms with van der Waals surface area (Å²) >= 11 is 0. The lowest BCUT2D eigenvalue weighted by molar-refractivity contribution is -0.114. The molecular weight excluding hydrogens is 385 g/mol. The Hall–Kier alpha value is -2.78. The molecule has 2 amide bonds. The Morgan fingerprint density at radius 1 is 1.00 bits per heavy atom. The second-order valence-corrected chi connectivity index (χ2v) is 7.89. The van der Waals surface area contributed by atoms with Gasteiger partial charge in [0.1, 0.15) is 5.82 Å². The first-order valence-electron chi connectivity index (χ1n) is 8.67. The highest BCUT2D eigenvalue weighted by Crippen LogP contribution is 2.21. The van der Waals surface area contributed by atoms with Crippen molar-refractivity contribution in [3.63, 3.8) is 0 Å². The van der Waals surface area contributed by atoms with Gasteiger partial charge in [0.25, 0.3) is 5.91 Å². The number of carbonyl (C=O) groups is 2. The summed E-state index contributed by atoms with van der Waals surface area (Å²) in [6.07, 6.45) is 0. The fourth-order valence-electron chi connectivity index (χ4n) is 2.63. The van der Waals surface area contributed by atoms with E-state index in [-0.39, 0.29) is 23.9 Å². The second kappa shape index (κ2) is 8.94. The Balaban J connectivity index is 2.33. The molecule has 0 aromatic heterocycles.